The smallest absolute Gasteiger partial charge is 0.326 e. The number of imidazole rings is 1. The predicted molar refractivity (Wildman–Crippen MR) is 97.7 cm³/mol. The first-order chi connectivity index (χ1) is 12.0. The molecule has 1 aromatic heterocycles. The van der Waals surface area contributed by atoms with Crippen molar-refractivity contribution >= 4 is 16.9 Å². The maximum atomic E-state index is 12.8. The van der Waals surface area contributed by atoms with Gasteiger partial charge >= 0.3 is 5.69 Å². The Morgan fingerprint density at radius 3 is 2.80 bits per heavy atom. The van der Waals surface area contributed by atoms with Crippen LogP contribution in [0.25, 0.3) is 11.0 Å². The number of H-pyrrole nitrogens is 1. The van der Waals surface area contributed by atoms with Crippen molar-refractivity contribution < 1.29 is 4.79 Å². The topological polar surface area (TPSA) is 84.1 Å². The van der Waals surface area contributed by atoms with E-state index >= 15 is 0 Å². The first-order valence-corrected chi connectivity index (χ1v) is 9.24. The largest absolute Gasteiger partial charge is 0.338 e. The second-order valence-electron chi connectivity index (χ2n) is 7.96. The van der Waals surface area contributed by atoms with Gasteiger partial charge in [0.05, 0.1) is 11.0 Å². The predicted octanol–water partition coefficient (Wildman–Crippen LogP) is 2.26. The van der Waals surface area contributed by atoms with Gasteiger partial charge in [-0.2, -0.15) is 0 Å². The summed E-state index contributed by atoms with van der Waals surface area (Å²) in [5, 5.41) is 0. The minimum absolute atomic E-state index is 0.0138. The van der Waals surface area contributed by atoms with Crippen LogP contribution in [0.3, 0.4) is 0 Å². The molecular formula is C19H26N4O2. The zero-order chi connectivity index (χ0) is 17.6. The highest BCUT2D eigenvalue weighted by Crippen LogP contribution is 2.32. The van der Waals surface area contributed by atoms with E-state index in [9.17, 15) is 9.59 Å². The van der Waals surface area contributed by atoms with Crippen molar-refractivity contribution in [3.8, 4) is 0 Å². The van der Waals surface area contributed by atoms with Crippen molar-refractivity contribution in [3.05, 3.63) is 34.2 Å². The molecule has 2 fully saturated rings. The van der Waals surface area contributed by atoms with Crippen LogP contribution in [-0.4, -0.2) is 40.0 Å². The number of rotatable bonds is 3. The first-order valence-electron chi connectivity index (χ1n) is 9.24. The normalized spacial score (nSPS) is 24.5. The molecule has 0 spiro atoms. The SMILES string of the molecule is CC1(CN)CCN(C(=O)c2ccc3c(c2)[nH]c(=O)n3C2CCCC2)C1. The molecule has 1 aliphatic carbocycles. The maximum absolute atomic E-state index is 12.8. The number of nitrogens with two attached hydrogens (primary N) is 1. The second-order valence-corrected chi connectivity index (χ2v) is 7.96. The van der Waals surface area contributed by atoms with Gasteiger partial charge in [-0.3, -0.25) is 9.36 Å². The van der Waals surface area contributed by atoms with E-state index < -0.39 is 0 Å². The highest BCUT2D eigenvalue weighted by molar-refractivity contribution is 5.97. The number of amides is 1. The Morgan fingerprint density at radius 1 is 1.36 bits per heavy atom. The fourth-order valence-corrected chi connectivity index (χ4v) is 4.34. The van der Waals surface area contributed by atoms with Gasteiger partial charge in [0, 0.05) is 24.7 Å². The molecule has 2 heterocycles. The van der Waals surface area contributed by atoms with Crippen LogP contribution >= 0.6 is 0 Å². The van der Waals surface area contributed by atoms with E-state index in [2.05, 4.69) is 11.9 Å². The Bertz CT molecular complexity index is 862. The molecule has 1 amide bonds. The van der Waals surface area contributed by atoms with Gasteiger partial charge in [-0.25, -0.2) is 4.79 Å². The second kappa shape index (κ2) is 6.02. The maximum Gasteiger partial charge on any atom is 0.326 e. The zero-order valence-corrected chi connectivity index (χ0v) is 14.8. The molecule has 1 atom stereocenters. The number of nitrogens with one attached hydrogen (secondary N) is 1. The number of carbonyl (C=O) groups excluding carboxylic acids is 1. The lowest BCUT2D eigenvalue weighted by molar-refractivity contribution is 0.0777. The monoisotopic (exact) mass is 342 g/mol. The fourth-order valence-electron chi connectivity index (χ4n) is 4.34. The van der Waals surface area contributed by atoms with Gasteiger partial charge in [-0.05, 0) is 49.4 Å². The third-order valence-electron chi connectivity index (χ3n) is 5.99. The number of benzene rings is 1. The summed E-state index contributed by atoms with van der Waals surface area (Å²) in [4.78, 5) is 30.0. The van der Waals surface area contributed by atoms with Crippen molar-refractivity contribution in [2.75, 3.05) is 19.6 Å². The molecule has 1 aromatic carbocycles. The molecule has 134 valence electrons. The summed E-state index contributed by atoms with van der Waals surface area (Å²) >= 11 is 0. The summed E-state index contributed by atoms with van der Waals surface area (Å²) in [7, 11) is 0. The van der Waals surface area contributed by atoms with Crippen molar-refractivity contribution in [1.29, 1.82) is 0 Å². The summed E-state index contributed by atoms with van der Waals surface area (Å²) in [6.45, 7) is 4.15. The Balaban J connectivity index is 1.64. The third kappa shape index (κ3) is 2.78. The summed E-state index contributed by atoms with van der Waals surface area (Å²) < 4.78 is 1.87. The quantitative estimate of drug-likeness (QED) is 0.897. The molecule has 1 saturated heterocycles. The Hall–Kier alpha value is -2.08. The molecule has 3 N–H and O–H groups in total. The van der Waals surface area contributed by atoms with Gasteiger partial charge in [-0.1, -0.05) is 19.8 Å². The van der Waals surface area contributed by atoms with Crippen LogP contribution in [0.4, 0.5) is 0 Å². The van der Waals surface area contributed by atoms with Crippen LogP contribution in [0.5, 0.6) is 0 Å². The Morgan fingerprint density at radius 2 is 2.12 bits per heavy atom. The molecule has 6 nitrogen and oxygen atoms in total. The molecule has 0 radical (unpaired) electrons. The molecule has 4 rings (SSSR count). The van der Waals surface area contributed by atoms with Crippen LogP contribution in [-0.2, 0) is 0 Å². The van der Waals surface area contributed by atoms with Crippen LogP contribution in [0.1, 0.15) is 55.4 Å². The number of nitrogens with zero attached hydrogens (tertiary/aromatic N) is 2. The number of hydrogen-bond donors (Lipinski definition) is 2. The average Bonchev–Trinajstić information content (AvgIpc) is 3.32. The van der Waals surface area contributed by atoms with Crippen molar-refractivity contribution in [3.63, 3.8) is 0 Å². The lowest BCUT2D eigenvalue weighted by atomic mass is 9.90. The number of aromatic amines is 1. The van der Waals surface area contributed by atoms with Crippen LogP contribution in [0.15, 0.2) is 23.0 Å². The van der Waals surface area contributed by atoms with E-state index in [0.29, 0.717) is 18.7 Å². The van der Waals surface area contributed by atoms with E-state index in [1.54, 1.807) is 0 Å². The van der Waals surface area contributed by atoms with E-state index in [4.69, 9.17) is 5.73 Å². The van der Waals surface area contributed by atoms with E-state index in [0.717, 1.165) is 36.8 Å². The lowest BCUT2D eigenvalue weighted by Crippen LogP contribution is -2.34. The highest BCUT2D eigenvalue weighted by atomic mass is 16.2. The standard InChI is InChI=1S/C19H26N4O2/c1-19(11-20)8-9-22(12-19)17(24)13-6-7-16-15(10-13)21-18(25)23(16)14-4-2-3-5-14/h6-7,10,14H,2-5,8-9,11-12,20H2,1H3,(H,21,25). The Kier molecular flexibility index (Phi) is 3.95. The minimum atomic E-state index is -0.0663. The number of hydrogen-bond acceptors (Lipinski definition) is 3. The van der Waals surface area contributed by atoms with Gasteiger partial charge in [-0.15, -0.1) is 0 Å². The number of fused-ring (bicyclic) bond motifs is 1. The number of aromatic nitrogens is 2. The molecule has 0 bridgehead atoms. The first kappa shape index (κ1) is 16.4. The van der Waals surface area contributed by atoms with Crippen molar-refractivity contribution in [2.24, 2.45) is 11.1 Å². The lowest BCUT2D eigenvalue weighted by Gasteiger charge is -2.22. The zero-order valence-electron chi connectivity index (χ0n) is 14.8. The molecule has 25 heavy (non-hydrogen) atoms. The molecular weight excluding hydrogens is 316 g/mol. The fraction of sp³-hybridized carbons (Fsp3) is 0.579. The third-order valence-corrected chi connectivity index (χ3v) is 5.99. The Labute approximate surface area is 147 Å². The number of likely N-dealkylation sites (tertiary alicyclic amines) is 1. The minimum Gasteiger partial charge on any atom is -0.338 e. The molecule has 1 saturated carbocycles. The van der Waals surface area contributed by atoms with E-state index in [-0.39, 0.29) is 23.1 Å². The van der Waals surface area contributed by atoms with Crippen molar-refractivity contribution in [2.45, 2.75) is 45.1 Å². The molecule has 1 aliphatic heterocycles. The van der Waals surface area contributed by atoms with Crippen LogP contribution in [0, 0.1) is 5.41 Å². The summed E-state index contributed by atoms with van der Waals surface area (Å²) in [5.74, 6) is 0.0218. The summed E-state index contributed by atoms with van der Waals surface area (Å²) in [6.07, 6.45) is 5.40. The van der Waals surface area contributed by atoms with Gasteiger partial charge in [0.1, 0.15) is 0 Å². The molecule has 2 aromatic rings. The number of carbonyl (C=O) groups is 1. The highest BCUT2D eigenvalue weighted by Gasteiger charge is 2.35. The average molecular weight is 342 g/mol. The molecule has 1 unspecified atom stereocenters. The van der Waals surface area contributed by atoms with E-state index in [1.165, 1.54) is 12.8 Å². The van der Waals surface area contributed by atoms with Gasteiger partial charge in [0.2, 0.25) is 0 Å². The summed E-state index contributed by atoms with van der Waals surface area (Å²) in [5.41, 5.74) is 8.08. The molecule has 6 heteroatoms. The van der Waals surface area contributed by atoms with Gasteiger partial charge in [0.15, 0.2) is 0 Å². The van der Waals surface area contributed by atoms with E-state index in [1.807, 2.05) is 27.7 Å². The molecule has 2 aliphatic rings. The van der Waals surface area contributed by atoms with Crippen LogP contribution in [0.2, 0.25) is 0 Å². The summed E-state index contributed by atoms with van der Waals surface area (Å²) in [6, 6.07) is 5.87. The van der Waals surface area contributed by atoms with Crippen LogP contribution < -0.4 is 11.4 Å². The van der Waals surface area contributed by atoms with Gasteiger partial charge < -0.3 is 15.6 Å². The van der Waals surface area contributed by atoms with Gasteiger partial charge in [0.25, 0.3) is 5.91 Å². The van der Waals surface area contributed by atoms with Crippen molar-refractivity contribution in [1.82, 2.24) is 14.5 Å².